The van der Waals surface area contributed by atoms with Crippen molar-refractivity contribution >= 4 is 55.1 Å². The molecule has 5 rings (SSSR count). The van der Waals surface area contributed by atoms with Gasteiger partial charge in [-0.25, -0.2) is 17.2 Å². The van der Waals surface area contributed by atoms with Gasteiger partial charge in [0, 0.05) is 16.5 Å². The molecular formula is C29H20F2N2O8S3. The van der Waals surface area contributed by atoms with Crippen LogP contribution in [0.4, 0.5) is 20.2 Å². The Hall–Kier alpha value is -4.60. The highest BCUT2D eigenvalue weighted by molar-refractivity contribution is 8.04. The van der Waals surface area contributed by atoms with Crippen LogP contribution in [0.2, 0.25) is 0 Å². The van der Waals surface area contributed by atoms with Crippen molar-refractivity contribution in [3.8, 4) is 5.75 Å². The fourth-order valence-electron chi connectivity index (χ4n) is 4.14. The first-order valence-electron chi connectivity index (χ1n) is 12.5. The number of nitrogens with one attached hydrogen (secondary N) is 1. The Labute approximate surface area is 254 Å². The largest absolute Gasteiger partial charge is 0.372 e. The van der Waals surface area contributed by atoms with Crippen molar-refractivity contribution in [1.82, 2.24) is 0 Å². The van der Waals surface area contributed by atoms with Crippen LogP contribution in [0, 0.1) is 28.7 Å². The van der Waals surface area contributed by atoms with E-state index >= 15 is 0 Å². The first kappa shape index (κ1) is 30.8. The molecule has 44 heavy (non-hydrogen) atoms. The molecule has 0 radical (unpaired) electrons. The minimum atomic E-state index is -4.37. The molecule has 15 heteroatoms. The van der Waals surface area contributed by atoms with Crippen molar-refractivity contribution in [1.29, 1.82) is 0 Å². The molecule has 0 saturated heterocycles. The summed E-state index contributed by atoms with van der Waals surface area (Å²) in [6, 6.07) is 16.1. The molecule has 0 spiro atoms. The van der Waals surface area contributed by atoms with Gasteiger partial charge in [-0.1, -0.05) is 41.6 Å². The van der Waals surface area contributed by atoms with Crippen LogP contribution >= 0.6 is 11.8 Å². The number of nitro benzene ring substituents is 1. The van der Waals surface area contributed by atoms with Crippen LogP contribution in [0.25, 0.3) is 6.08 Å². The van der Waals surface area contributed by atoms with Gasteiger partial charge in [-0.15, -0.1) is 0 Å². The van der Waals surface area contributed by atoms with Gasteiger partial charge < -0.3 is 9.50 Å². The molecule has 0 fully saturated rings. The van der Waals surface area contributed by atoms with Crippen LogP contribution in [-0.4, -0.2) is 27.7 Å². The summed E-state index contributed by atoms with van der Waals surface area (Å²) < 4.78 is 84.3. The summed E-state index contributed by atoms with van der Waals surface area (Å²) in [6.45, 7) is 1.76. The molecule has 0 atom stereocenters. The van der Waals surface area contributed by atoms with Crippen molar-refractivity contribution in [3.05, 3.63) is 122 Å². The highest BCUT2D eigenvalue weighted by Gasteiger charge is 2.27. The highest BCUT2D eigenvalue weighted by atomic mass is 32.2. The molecule has 1 N–H and O–H groups in total. The van der Waals surface area contributed by atoms with E-state index < -0.39 is 65.2 Å². The predicted octanol–water partition coefficient (Wildman–Crippen LogP) is 6.01. The van der Waals surface area contributed by atoms with Crippen LogP contribution in [0.15, 0.2) is 98.5 Å². The molecular weight excluding hydrogens is 639 g/mol. The third-order valence-corrected chi connectivity index (χ3v) is 10.4. The number of halogens is 2. The van der Waals surface area contributed by atoms with E-state index in [1.165, 1.54) is 42.5 Å². The number of nitrogens with zero attached hydrogens (tertiary/aromatic N) is 1. The number of hydrogen-bond acceptors (Lipinski definition) is 9. The number of carbonyl (C=O) groups is 1. The van der Waals surface area contributed by atoms with E-state index in [2.05, 4.69) is 5.32 Å². The summed E-state index contributed by atoms with van der Waals surface area (Å²) in [4.78, 5) is 23.9. The molecule has 1 aliphatic heterocycles. The molecule has 0 aromatic heterocycles. The first-order chi connectivity index (χ1) is 20.7. The molecule has 4 aromatic rings. The Bertz CT molecular complexity index is 2060. The number of rotatable bonds is 8. The number of thioether (sulfide) groups is 1. The van der Waals surface area contributed by atoms with Gasteiger partial charge in [-0.05, 0) is 67.1 Å². The lowest BCUT2D eigenvalue weighted by Crippen LogP contribution is -2.18. The average molecular weight is 659 g/mol. The fourth-order valence-corrected chi connectivity index (χ4v) is 7.41. The van der Waals surface area contributed by atoms with Gasteiger partial charge >= 0.3 is 15.8 Å². The summed E-state index contributed by atoms with van der Waals surface area (Å²) in [5.41, 5.74) is -0.126. The summed E-state index contributed by atoms with van der Waals surface area (Å²) in [6.07, 6.45) is 1.33. The second kappa shape index (κ2) is 11.8. The highest BCUT2D eigenvalue weighted by Crippen LogP contribution is 2.41. The normalized spacial score (nSPS) is 14.2. The SMILES string of the molecule is Cc1ccc(S(=O)(=O)Oc2ccc(/C=C3/Sc4ccc(S(=O)(=O)Cc5c(F)cccc5F)cc4NC3=O)cc2[N+](=O)[O-])cc1. The maximum absolute atomic E-state index is 14.0. The first-order valence-corrected chi connectivity index (χ1v) is 16.4. The second-order valence-corrected chi connectivity index (χ2v) is 14.1. The van der Waals surface area contributed by atoms with Crippen LogP contribution in [0.5, 0.6) is 5.75 Å². The molecule has 10 nitrogen and oxygen atoms in total. The Morgan fingerprint density at radius 2 is 1.59 bits per heavy atom. The number of anilines is 1. The van der Waals surface area contributed by atoms with Gasteiger partial charge in [0.1, 0.15) is 16.5 Å². The van der Waals surface area contributed by atoms with E-state index in [0.717, 1.165) is 47.7 Å². The lowest BCUT2D eigenvalue weighted by molar-refractivity contribution is -0.385. The Kier molecular flexibility index (Phi) is 8.29. The topological polar surface area (TPSA) is 150 Å². The number of benzene rings is 4. The Morgan fingerprint density at radius 3 is 2.25 bits per heavy atom. The van der Waals surface area contributed by atoms with Crippen molar-refractivity contribution in [2.24, 2.45) is 0 Å². The number of fused-ring (bicyclic) bond motifs is 1. The second-order valence-electron chi connectivity index (χ2n) is 9.52. The summed E-state index contributed by atoms with van der Waals surface area (Å²) in [5.74, 6) is -4.10. The van der Waals surface area contributed by atoms with E-state index in [0.29, 0.717) is 4.90 Å². The maximum atomic E-state index is 14.0. The summed E-state index contributed by atoms with van der Waals surface area (Å²) >= 11 is 0.952. The number of sulfone groups is 1. The third kappa shape index (κ3) is 6.49. The van der Waals surface area contributed by atoms with E-state index in [1.807, 2.05) is 0 Å². The zero-order chi connectivity index (χ0) is 31.8. The van der Waals surface area contributed by atoms with Gasteiger partial charge in [0.15, 0.2) is 9.84 Å². The van der Waals surface area contributed by atoms with Crippen molar-refractivity contribution in [3.63, 3.8) is 0 Å². The Morgan fingerprint density at radius 1 is 0.932 bits per heavy atom. The lowest BCUT2D eigenvalue weighted by Gasteiger charge is -2.19. The van der Waals surface area contributed by atoms with Crippen LogP contribution in [0.3, 0.4) is 0 Å². The number of nitro groups is 1. The summed E-state index contributed by atoms with van der Waals surface area (Å²) in [5, 5.41) is 14.3. The minimum absolute atomic E-state index is 0.0942. The van der Waals surface area contributed by atoms with E-state index in [-0.39, 0.29) is 25.9 Å². The fraction of sp³-hybridized carbons (Fsp3) is 0.0690. The van der Waals surface area contributed by atoms with Gasteiger partial charge in [-0.2, -0.15) is 8.42 Å². The minimum Gasteiger partial charge on any atom is -0.372 e. The van der Waals surface area contributed by atoms with Gasteiger partial charge in [-0.3, -0.25) is 14.9 Å². The molecule has 4 aromatic carbocycles. The van der Waals surface area contributed by atoms with Gasteiger partial charge in [0.05, 0.1) is 26.2 Å². The Balaban J connectivity index is 1.39. The maximum Gasteiger partial charge on any atom is 0.339 e. The van der Waals surface area contributed by atoms with Crippen molar-refractivity contribution < 1.29 is 39.5 Å². The third-order valence-electron chi connectivity index (χ3n) is 6.38. The van der Waals surface area contributed by atoms with E-state index in [4.69, 9.17) is 4.18 Å². The summed E-state index contributed by atoms with van der Waals surface area (Å²) in [7, 11) is -8.57. The van der Waals surface area contributed by atoms with E-state index in [1.54, 1.807) is 19.1 Å². The standard InChI is InChI=1S/C29H20F2N2O8S3/c1-17-5-8-19(9-6-17)44(39,40)41-26-11-7-18(13-25(26)33(35)36)14-28-29(34)32-24-15-20(10-12-27(24)42-28)43(37,38)16-21-22(30)3-2-4-23(21)31/h2-15H,16H2,1H3,(H,32,34)/b28-14+. The molecule has 0 bridgehead atoms. The molecule has 0 unspecified atom stereocenters. The van der Waals surface area contributed by atoms with Gasteiger partial charge in [0.25, 0.3) is 5.91 Å². The zero-order valence-electron chi connectivity index (χ0n) is 22.5. The van der Waals surface area contributed by atoms with Crippen molar-refractivity contribution in [2.75, 3.05) is 5.32 Å². The van der Waals surface area contributed by atoms with Gasteiger partial charge in [0.2, 0.25) is 5.75 Å². The van der Waals surface area contributed by atoms with E-state index in [9.17, 15) is 40.5 Å². The zero-order valence-corrected chi connectivity index (χ0v) is 24.9. The number of aryl methyl sites for hydroxylation is 1. The van der Waals surface area contributed by atoms with Crippen LogP contribution in [0.1, 0.15) is 16.7 Å². The molecule has 226 valence electrons. The molecule has 1 heterocycles. The quantitative estimate of drug-likeness (QED) is 0.104. The molecule has 0 saturated carbocycles. The van der Waals surface area contributed by atoms with Crippen LogP contribution < -0.4 is 9.50 Å². The van der Waals surface area contributed by atoms with Crippen LogP contribution in [-0.2, 0) is 30.5 Å². The van der Waals surface area contributed by atoms with Crippen molar-refractivity contribution in [2.45, 2.75) is 27.4 Å². The predicted molar refractivity (Wildman–Crippen MR) is 158 cm³/mol. The molecule has 0 aliphatic carbocycles. The number of carbonyl (C=O) groups excluding carboxylic acids is 1. The molecule has 1 amide bonds. The number of amides is 1. The monoisotopic (exact) mass is 658 g/mol. The smallest absolute Gasteiger partial charge is 0.339 e. The number of hydrogen-bond donors (Lipinski definition) is 1. The average Bonchev–Trinajstić information content (AvgIpc) is 2.96. The lowest BCUT2D eigenvalue weighted by atomic mass is 10.1. The molecule has 1 aliphatic rings.